The number of rotatable bonds is 4. The molecule has 3 aromatic rings. The molecule has 0 saturated carbocycles. The molecule has 1 heterocycles. The number of alkyl halides is 3. The summed E-state index contributed by atoms with van der Waals surface area (Å²) in [5.74, 6) is -1.20. The number of anilines is 1. The van der Waals surface area contributed by atoms with Gasteiger partial charge in [0.1, 0.15) is 0 Å². The van der Waals surface area contributed by atoms with Gasteiger partial charge in [0, 0.05) is 18.0 Å². The minimum absolute atomic E-state index is 0.0183. The first kappa shape index (κ1) is 20.1. The molecule has 1 N–H and O–H groups in total. The Labute approximate surface area is 164 Å². The molecule has 29 heavy (non-hydrogen) atoms. The van der Waals surface area contributed by atoms with Crippen molar-refractivity contribution in [2.24, 2.45) is 0 Å². The molecule has 0 aliphatic carbocycles. The maximum atomic E-state index is 13.0. The maximum Gasteiger partial charge on any atom is 0.416 e. The molecule has 0 aliphatic heterocycles. The van der Waals surface area contributed by atoms with E-state index in [1.165, 1.54) is 62.0 Å². The summed E-state index contributed by atoms with van der Waals surface area (Å²) in [4.78, 5) is 28.4. The van der Waals surface area contributed by atoms with Crippen LogP contribution in [0.3, 0.4) is 0 Å². The number of benzene rings is 2. The Morgan fingerprint density at radius 1 is 0.966 bits per heavy atom. The highest BCUT2D eigenvalue weighted by Crippen LogP contribution is 2.33. The van der Waals surface area contributed by atoms with Crippen molar-refractivity contribution in [1.82, 2.24) is 4.98 Å². The second kappa shape index (κ2) is 8.14. The summed E-state index contributed by atoms with van der Waals surface area (Å²) in [5, 5.41) is 2.61. The summed E-state index contributed by atoms with van der Waals surface area (Å²) in [6.07, 6.45) is -1.58. The number of ether oxygens (including phenoxy) is 1. The molecule has 1 amide bonds. The van der Waals surface area contributed by atoms with Gasteiger partial charge in [0.05, 0.1) is 23.9 Å². The van der Waals surface area contributed by atoms with E-state index in [-0.39, 0.29) is 16.8 Å². The van der Waals surface area contributed by atoms with Crippen LogP contribution in [0.25, 0.3) is 11.1 Å². The number of methoxy groups -OCH3 is 1. The molecule has 8 heteroatoms. The van der Waals surface area contributed by atoms with Gasteiger partial charge in [-0.05, 0) is 47.5 Å². The lowest BCUT2D eigenvalue weighted by atomic mass is 9.99. The molecule has 1 aromatic heterocycles. The number of halogens is 3. The van der Waals surface area contributed by atoms with Crippen LogP contribution in [0.4, 0.5) is 18.9 Å². The zero-order valence-corrected chi connectivity index (χ0v) is 15.2. The Morgan fingerprint density at radius 3 is 2.31 bits per heavy atom. The van der Waals surface area contributed by atoms with Crippen LogP contribution in [-0.2, 0) is 10.9 Å². The Hall–Kier alpha value is -3.68. The van der Waals surface area contributed by atoms with Gasteiger partial charge < -0.3 is 10.1 Å². The number of nitrogens with zero attached hydrogens (tertiary/aromatic N) is 1. The van der Waals surface area contributed by atoms with Crippen molar-refractivity contribution in [2.45, 2.75) is 6.18 Å². The highest BCUT2D eigenvalue weighted by molar-refractivity contribution is 6.08. The van der Waals surface area contributed by atoms with E-state index in [2.05, 4.69) is 10.3 Å². The Balaban J connectivity index is 1.99. The lowest BCUT2D eigenvalue weighted by Crippen LogP contribution is -2.15. The molecule has 3 rings (SSSR count). The van der Waals surface area contributed by atoms with Crippen LogP contribution < -0.4 is 5.32 Å². The molecular weight excluding hydrogens is 385 g/mol. The third-order valence-electron chi connectivity index (χ3n) is 4.14. The molecule has 2 aromatic carbocycles. The molecule has 0 bridgehead atoms. The van der Waals surface area contributed by atoms with Crippen LogP contribution in [0.2, 0.25) is 0 Å². The first-order chi connectivity index (χ1) is 13.8. The minimum atomic E-state index is -4.49. The predicted molar refractivity (Wildman–Crippen MR) is 100 cm³/mol. The van der Waals surface area contributed by atoms with Gasteiger partial charge in [-0.25, -0.2) is 4.79 Å². The quantitative estimate of drug-likeness (QED) is 0.639. The number of aromatic nitrogens is 1. The predicted octanol–water partition coefficient (Wildman–Crippen LogP) is 4.81. The van der Waals surface area contributed by atoms with E-state index in [1.54, 1.807) is 0 Å². The third kappa shape index (κ3) is 4.60. The lowest BCUT2D eigenvalue weighted by molar-refractivity contribution is -0.137. The van der Waals surface area contributed by atoms with Crippen LogP contribution in [0.5, 0.6) is 0 Å². The van der Waals surface area contributed by atoms with Crippen molar-refractivity contribution in [2.75, 3.05) is 12.4 Å². The van der Waals surface area contributed by atoms with Gasteiger partial charge in [-0.2, -0.15) is 13.2 Å². The van der Waals surface area contributed by atoms with Crippen LogP contribution in [0, 0.1) is 0 Å². The van der Waals surface area contributed by atoms with Gasteiger partial charge in [0.15, 0.2) is 0 Å². The number of esters is 1. The SMILES string of the molecule is COC(=O)c1cc(-c2cccc(C(F)(F)F)c2)ccc1NC(=O)c1ccncc1. The van der Waals surface area contributed by atoms with Gasteiger partial charge in [0.25, 0.3) is 5.91 Å². The van der Waals surface area contributed by atoms with Crippen molar-refractivity contribution < 1.29 is 27.5 Å². The van der Waals surface area contributed by atoms with E-state index >= 15 is 0 Å². The zero-order chi connectivity index (χ0) is 21.0. The minimum Gasteiger partial charge on any atom is -0.465 e. The highest BCUT2D eigenvalue weighted by Gasteiger charge is 2.30. The largest absolute Gasteiger partial charge is 0.465 e. The van der Waals surface area contributed by atoms with E-state index in [0.717, 1.165) is 12.1 Å². The smallest absolute Gasteiger partial charge is 0.416 e. The van der Waals surface area contributed by atoms with Crippen molar-refractivity contribution in [3.63, 3.8) is 0 Å². The van der Waals surface area contributed by atoms with Gasteiger partial charge in [-0.1, -0.05) is 18.2 Å². The van der Waals surface area contributed by atoms with Gasteiger partial charge in [-0.3, -0.25) is 9.78 Å². The van der Waals surface area contributed by atoms with Crippen LogP contribution in [-0.4, -0.2) is 24.0 Å². The number of hydrogen-bond donors (Lipinski definition) is 1. The summed E-state index contributed by atoms with van der Waals surface area (Å²) >= 11 is 0. The molecule has 0 radical (unpaired) electrons. The van der Waals surface area contributed by atoms with E-state index in [9.17, 15) is 22.8 Å². The van der Waals surface area contributed by atoms with Crippen LogP contribution in [0.1, 0.15) is 26.3 Å². The van der Waals surface area contributed by atoms with Gasteiger partial charge in [0.2, 0.25) is 0 Å². The molecule has 0 saturated heterocycles. The molecule has 148 valence electrons. The number of amides is 1. The Kier molecular flexibility index (Phi) is 5.63. The fourth-order valence-electron chi connectivity index (χ4n) is 2.68. The fourth-order valence-corrected chi connectivity index (χ4v) is 2.68. The standard InChI is InChI=1S/C21H15F3N2O3/c1-29-20(28)17-12-15(14-3-2-4-16(11-14)21(22,23)24)5-6-18(17)26-19(27)13-7-9-25-10-8-13/h2-12H,1H3,(H,26,27). The average Bonchev–Trinajstić information content (AvgIpc) is 2.73. The summed E-state index contributed by atoms with van der Waals surface area (Å²) in [6, 6.07) is 12.1. The molecule has 0 aliphatic rings. The maximum absolute atomic E-state index is 13.0. The van der Waals surface area contributed by atoms with E-state index in [1.807, 2.05) is 0 Å². The Morgan fingerprint density at radius 2 is 1.66 bits per heavy atom. The number of nitrogens with one attached hydrogen (secondary N) is 1. The van der Waals surface area contributed by atoms with Crippen LogP contribution >= 0.6 is 0 Å². The molecular formula is C21H15F3N2O3. The van der Waals surface area contributed by atoms with Gasteiger partial charge >= 0.3 is 12.1 Å². The summed E-state index contributed by atoms with van der Waals surface area (Å²) < 4.78 is 43.7. The highest BCUT2D eigenvalue weighted by atomic mass is 19.4. The fraction of sp³-hybridized carbons (Fsp3) is 0.0952. The first-order valence-electron chi connectivity index (χ1n) is 8.41. The number of hydrogen-bond acceptors (Lipinski definition) is 4. The normalized spacial score (nSPS) is 11.0. The average molecular weight is 400 g/mol. The molecule has 0 atom stereocenters. The number of carbonyl (C=O) groups is 2. The number of carbonyl (C=O) groups excluding carboxylic acids is 2. The second-order valence-corrected chi connectivity index (χ2v) is 6.02. The molecule has 0 spiro atoms. The van der Waals surface area contributed by atoms with E-state index in [4.69, 9.17) is 4.74 Å². The summed E-state index contributed by atoms with van der Waals surface area (Å²) in [7, 11) is 1.17. The lowest BCUT2D eigenvalue weighted by Gasteiger charge is -2.13. The second-order valence-electron chi connectivity index (χ2n) is 6.02. The van der Waals surface area contributed by atoms with Crippen LogP contribution in [0.15, 0.2) is 67.0 Å². The van der Waals surface area contributed by atoms with Crippen molar-refractivity contribution in [3.8, 4) is 11.1 Å². The first-order valence-corrected chi connectivity index (χ1v) is 8.41. The molecule has 0 unspecified atom stereocenters. The topological polar surface area (TPSA) is 68.3 Å². The Bertz CT molecular complexity index is 1050. The third-order valence-corrected chi connectivity index (χ3v) is 4.14. The zero-order valence-electron chi connectivity index (χ0n) is 15.2. The van der Waals surface area contributed by atoms with Gasteiger partial charge in [-0.15, -0.1) is 0 Å². The summed E-state index contributed by atoms with van der Waals surface area (Å²) in [5.41, 5.74) is 0.372. The van der Waals surface area contributed by atoms with E-state index in [0.29, 0.717) is 11.1 Å². The molecule has 5 nitrogen and oxygen atoms in total. The number of pyridine rings is 1. The van der Waals surface area contributed by atoms with E-state index < -0.39 is 23.6 Å². The van der Waals surface area contributed by atoms with Crippen molar-refractivity contribution in [1.29, 1.82) is 0 Å². The monoisotopic (exact) mass is 400 g/mol. The van der Waals surface area contributed by atoms with Crippen molar-refractivity contribution in [3.05, 3.63) is 83.7 Å². The van der Waals surface area contributed by atoms with Crippen molar-refractivity contribution >= 4 is 17.6 Å². The summed E-state index contributed by atoms with van der Waals surface area (Å²) in [6.45, 7) is 0. The molecule has 0 fully saturated rings.